The molecule has 1 heterocycles. The van der Waals surface area contributed by atoms with E-state index in [9.17, 15) is 22.0 Å². The van der Waals surface area contributed by atoms with E-state index in [1.807, 2.05) is 6.92 Å². The van der Waals surface area contributed by atoms with Crippen LogP contribution in [-0.4, -0.2) is 21.2 Å². The minimum Gasteiger partial charge on any atom is -0.249 e. The van der Waals surface area contributed by atoms with E-state index < -0.39 is 17.8 Å². The lowest BCUT2D eigenvalue weighted by atomic mass is 10.1. The molecule has 0 N–H and O–H groups in total. The van der Waals surface area contributed by atoms with Crippen molar-refractivity contribution in [2.24, 2.45) is 0 Å². The number of unbranched alkanes of at least 4 members (excludes halogenated alkanes) is 1. The largest absolute Gasteiger partial charge is 0.459 e. The number of aromatic nitrogens is 3. The number of hydrogen-bond donors (Lipinski definition) is 0. The molecule has 110 valence electrons. The molecule has 0 aliphatic carbocycles. The second kappa shape index (κ2) is 5.83. The molecule has 1 rings (SSSR count). The summed E-state index contributed by atoms with van der Waals surface area (Å²) in [5.41, 5.74) is -1.38. The summed E-state index contributed by atoms with van der Waals surface area (Å²) in [6.07, 6.45) is -3.75. The molecule has 0 unspecified atom stereocenters. The summed E-state index contributed by atoms with van der Waals surface area (Å²) >= 11 is 0. The molecule has 1 aromatic rings. The van der Waals surface area contributed by atoms with Crippen molar-refractivity contribution in [2.75, 3.05) is 0 Å². The summed E-state index contributed by atoms with van der Waals surface area (Å²) in [5, 5.41) is 6.49. The van der Waals surface area contributed by atoms with Crippen molar-refractivity contribution >= 4 is 0 Å². The fraction of sp³-hybridized carbons (Fsp3) is 0.818. The van der Waals surface area contributed by atoms with Gasteiger partial charge in [-0.1, -0.05) is 25.5 Å². The number of rotatable bonds is 6. The van der Waals surface area contributed by atoms with E-state index >= 15 is 0 Å². The summed E-state index contributed by atoms with van der Waals surface area (Å²) in [6, 6.07) is 0. The molecule has 8 heteroatoms. The van der Waals surface area contributed by atoms with E-state index in [2.05, 4.69) is 10.3 Å². The molecular weight excluding hydrogens is 269 g/mol. The van der Waals surface area contributed by atoms with Crippen LogP contribution in [0.25, 0.3) is 0 Å². The normalized spacial score (nSPS) is 13.0. The van der Waals surface area contributed by atoms with Gasteiger partial charge in [-0.05, 0) is 19.3 Å². The number of nitrogens with zero attached hydrogens (tertiary/aromatic N) is 3. The highest BCUT2D eigenvalue weighted by molar-refractivity contribution is 5.18. The molecule has 0 aliphatic heterocycles. The monoisotopic (exact) mass is 285 g/mol. The van der Waals surface area contributed by atoms with Gasteiger partial charge in [0.15, 0.2) is 5.69 Å². The van der Waals surface area contributed by atoms with Crippen LogP contribution < -0.4 is 0 Å². The summed E-state index contributed by atoms with van der Waals surface area (Å²) < 4.78 is 65.0. The summed E-state index contributed by atoms with van der Waals surface area (Å²) in [6.45, 7) is 3.89. The van der Waals surface area contributed by atoms with Gasteiger partial charge in [0.2, 0.25) is 0 Å². The van der Waals surface area contributed by atoms with Gasteiger partial charge in [-0.2, -0.15) is 22.0 Å². The molecule has 0 saturated heterocycles. The second-order valence-corrected chi connectivity index (χ2v) is 4.28. The fourth-order valence-corrected chi connectivity index (χ4v) is 1.69. The summed E-state index contributed by atoms with van der Waals surface area (Å²) in [5.74, 6) is -4.96. The summed E-state index contributed by atoms with van der Waals surface area (Å²) in [7, 11) is 0. The fourth-order valence-electron chi connectivity index (χ4n) is 1.69. The van der Waals surface area contributed by atoms with Crippen LogP contribution in [-0.2, 0) is 18.9 Å². The number of halogens is 5. The van der Waals surface area contributed by atoms with E-state index in [0.717, 1.165) is 4.68 Å². The highest BCUT2D eigenvalue weighted by Crippen LogP contribution is 2.44. The summed E-state index contributed by atoms with van der Waals surface area (Å²) in [4.78, 5) is 0. The number of hydrogen-bond acceptors (Lipinski definition) is 2. The maximum Gasteiger partial charge on any atom is 0.459 e. The van der Waals surface area contributed by atoms with Crippen LogP contribution in [0.4, 0.5) is 22.0 Å². The van der Waals surface area contributed by atoms with Crippen molar-refractivity contribution in [2.45, 2.75) is 58.2 Å². The molecule has 1 aromatic heterocycles. The van der Waals surface area contributed by atoms with Crippen molar-refractivity contribution in [3.8, 4) is 0 Å². The van der Waals surface area contributed by atoms with Gasteiger partial charge in [0, 0.05) is 6.54 Å². The van der Waals surface area contributed by atoms with Gasteiger partial charge in [-0.25, -0.2) is 4.68 Å². The minimum absolute atomic E-state index is 0.116. The molecule has 0 spiro atoms. The highest BCUT2D eigenvalue weighted by Gasteiger charge is 2.61. The Bertz CT molecular complexity index is 411. The predicted molar refractivity (Wildman–Crippen MR) is 58.9 cm³/mol. The first-order valence-electron chi connectivity index (χ1n) is 6.13. The van der Waals surface area contributed by atoms with Gasteiger partial charge in [0.25, 0.3) is 0 Å². The first kappa shape index (κ1) is 15.8. The lowest BCUT2D eigenvalue weighted by Crippen LogP contribution is -2.35. The van der Waals surface area contributed by atoms with Crippen LogP contribution in [0, 0.1) is 0 Å². The lowest BCUT2D eigenvalue weighted by molar-refractivity contribution is -0.291. The molecule has 0 saturated carbocycles. The molecule has 0 aliphatic rings. The number of aryl methyl sites for hydroxylation is 1. The Hall–Kier alpha value is -1.21. The van der Waals surface area contributed by atoms with Crippen molar-refractivity contribution in [1.82, 2.24) is 15.0 Å². The molecule has 0 amide bonds. The third-order valence-corrected chi connectivity index (χ3v) is 2.69. The third kappa shape index (κ3) is 3.22. The smallest absolute Gasteiger partial charge is 0.249 e. The van der Waals surface area contributed by atoms with E-state index in [1.165, 1.54) is 0 Å². The maximum absolute atomic E-state index is 13.4. The Morgan fingerprint density at radius 1 is 1.05 bits per heavy atom. The van der Waals surface area contributed by atoms with Crippen LogP contribution >= 0.6 is 0 Å². The van der Waals surface area contributed by atoms with Crippen LogP contribution in [0.3, 0.4) is 0 Å². The quantitative estimate of drug-likeness (QED) is 0.746. The van der Waals surface area contributed by atoms with E-state index in [4.69, 9.17) is 0 Å². The zero-order valence-electron chi connectivity index (χ0n) is 10.8. The zero-order chi connectivity index (χ0) is 14.7. The second-order valence-electron chi connectivity index (χ2n) is 4.28. The third-order valence-electron chi connectivity index (χ3n) is 2.69. The van der Waals surface area contributed by atoms with Crippen LogP contribution in [0.15, 0.2) is 0 Å². The maximum atomic E-state index is 13.4. The first-order chi connectivity index (χ1) is 8.75. The molecule has 0 bridgehead atoms. The molecule has 0 radical (unpaired) electrons. The van der Waals surface area contributed by atoms with Gasteiger partial charge in [-0.15, -0.1) is 5.10 Å². The lowest BCUT2D eigenvalue weighted by Gasteiger charge is -2.18. The van der Waals surface area contributed by atoms with Gasteiger partial charge in [0.05, 0.1) is 5.69 Å². The van der Waals surface area contributed by atoms with Crippen LogP contribution in [0.2, 0.25) is 0 Å². The molecular formula is C11H16F5N3. The van der Waals surface area contributed by atoms with Crippen molar-refractivity contribution in [3.05, 3.63) is 11.4 Å². The van der Waals surface area contributed by atoms with Crippen LogP contribution in [0.1, 0.15) is 44.5 Å². The average molecular weight is 285 g/mol. The Morgan fingerprint density at radius 2 is 1.68 bits per heavy atom. The van der Waals surface area contributed by atoms with Gasteiger partial charge in [0.1, 0.15) is 0 Å². The number of alkyl halides is 5. The van der Waals surface area contributed by atoms with E-state index in [-0.39, 0.29) is 18.7 Å². The van der Waals surface area contributed by atoms with Crippen molar-refractivity contribution < 1.29 is 22.0 Å². The van der Waals surface area contributed by atoms with Gasteiger partial charge >= 0.3 is 12.1 Å². The Labute approximate surface area is 107 Å². The van der Waals surface area contributed by atoms with Gasteiger partial charge in [-0.3, -0.25) is 0 Å². The molecule has 3 nitrogen and oxygen atoms in total. The first-order valence-corrected chi connectivity index (χ1v) is 6.13. The molecule has 0 fully saturated rings. The molecule has 19 heavy (non-hydrogen) atoms. The Morgan fingerprint density at radius 3 is 2.16 bits per heavy atom. The minimum atomic E-state index is -5.65. The van der Waals surface area contributed by atoms with Crippen LogP contribution in [0.5, 0.6) is 0 Å². The van der Waals surface area contributed by atoms with E-state index in [1.54, 1.807) is 6.92 Å². The zero-order valence-corrected chi connectivity index (χ0v) is 10.8. The topological polar surface area (TPSA) is 30.7 Å². The predicted octanol–water partition coefficient (Wildman–Crippen LogP) is 3.68. The van der Waals surface area contributed by atoms with Crippen molar-refractivity contribution in [3.63, 3.8) is 0 Å². The SMILES string of the molecule is CCCCc1c(C(F)(F)C(F)(F)F)nnn1CCC. The molecule has 0 aromatic carbocycles. The average Bonchev–Trinajstić information content (AvgIpc) is 2.69. The standard InChI is InChI=1S/C11H16F5N3/c1-3-5-6-8-9(10(12,13)11(14,15)16)17-18-19(8)7-4-2/h3-7H2,1-2H3. The van der Waals surface area contributed by atoms with E-state index in [0.29, 0.717) is 19.3 Å². The molecule has 0 atom stereocenters. The highest BCUT2D eigenvalue weighted by atomic mass is 19.4. The Kier molecular flexibility index (Phi) is 4.86. The van der Waals surface area contributed by atoms with Gasteiger partial charge < -0.3 is 0 Å². The Balaban J connectivity index is 3.19. The van der Waals surface area contributed by atoms with Crippen molar-refractivity contribution in [1.29, 1.82) is 0 Å².